The van der Waals surface area contributed by atoms with E-state index in [-0.39, 0.29) is 5.56 Å². The lowest BCUT2D eigenvalue weighted by molar-refractivity contribution is 0.0697. The lowest BCUT2D eigenvalue weighted by Crippen LogP contribution is -1.95. The highest BCUT2D eigenvalue weighted by molar-refractivity contribution is 6.32. The molecule has 0 unspecified atom stereocenters. The Morgan fingerprint density at radius 2 is 1.92 bits per heavy atom. The minimum Gasteiger partial charge on any atom is -0.478 e. The number of carboxylic acids is 1. The maximum Gasteiger partial charge on any atom is 0.335 e. The molecule has 2 aromatic carbocycles. The van der Waals surface area contributed by atoms with Crippen molar-refractivity contribution in [1.29, 1.82) is 5.26 Å². The molecule has 0 bridgehead atoms. The van der Waals surface area contributed by atoms with Crippen LogP contribution in [0.3, 0.4) is 0 Å². The van der Waals surface area contributed by atoms with Crippen molar-refractivity contribution in [2.24, 2.45) is 0 Å². The fraction of sp³-hybridized carbons (Fsp3) is 0. The van der Waals surface area contributed by atoms with Crippen LogP contribution in [0.1, 0.15) is 21.7 Å². The van der Waals surface area contributed by atoms with Gasteiger partial charge in [0.15, 0.2) is 0 Å². The Morgan fingerprint density at radius 3 is 2.64 bits per heavy atom. The summed E-state index contributed by atoms with van der Waals surface area (Å²) in [4.78, 5) is 11.1. The van der Waals surface area contributed by atoms with E-state index in [1.165, 1.54) is 12.1 Å². The van der Waals surface area contributed by atoms with Crippen molar-refractivity contribution >= 4 is 29.2 Å². The summed E-state index contributed by atoms with van der Waals surface area (Å²) in [6, 6.07) is 19.1. The molecular weight excluding hydrogens is 338 g/mol. The molecule has 0 amide bonds. The van der Waals surface area contributed by atoms with Gasteiger partial charge in [-0.05, 0) is 36.4 Å². The Bertz CT molecular complexity index is 1010. The Balaban J connectivity index is 1.96. The van der Waals surface area contributed by atoms with E-state index >= 15 is 0 Å². The van der Waals surface area contributed by atoms with Gasteiger partial charge < -0.3 is 9.52 Å². The Morgan fingerprint density at radius 1 is 1.12 bits per heavy atom. The molecule has 0 aliphatic carbocycles. The van der Waals surface area contributed by atoms with Crippen molar-refractivity contribution in [3.05, 3.63) is 82.6 Å². The van der Waals surface area contributed by atoms with Crippen LogP contribution < -0.4 is 0 Å². The van der Waals surface area contributed by atoms with Gasteiger partial charge in [0.25, 0.3) is 0 Å². The van der Waals surface area contributed by atoms with E-state index in [4.69, 9.17) is 21.1 Å². The predicted molar refractivity (Wildman–Crippen MR) is 96.0 cm³/mol. The number of halogens is 1. The van der Waals surface area contributed by atoms with E-state index in [2.05, 4.69) is 6.07 Å². The molecule has 1 N–H and O–H groups in total. The second-order valence-corrected chi connectivity index (χ2v) is 5.64. The zero-order chi connectivity index (χ0) is 17.8. The molecule has 0 radical (unpaired) electrons. The molecule has 0 saturated carbocycles. The summed E-state index contributed by atoms with van der Waals surface area (Å²) >= 11 is 6.13. The number of carboxylic acid groups (broad SMARTS) is 1. The maximum atomic E-state index is 11.1. The molecule has 25 heavy (non-hydrogen) atoms. The maximum absolute atomic E-state index is 11.1. The van der Waals surface area contributed by atoms with E-state index in [1.807, 2.05) is 0 Å². The molecule has 122 valence electrons. The minimum atomic E-state index is -1.00. The van der Waals surface area contributed by atoms with Crippen molar-refractivity contribution in [3.63, 3.8) is 0 Å². The summed E-state index contributed by atoms with van der Waals surface area (Å²) in [6.45, 7) is 0. The van der Waals surface area contributed by atoms with Crippen LogP contribution in [0.4, 0.5) is 0 Å². The quantitative estimate of drug-likeness (QED) is 0.643. The Kier molecular flexibility index (Phi) is 4.69. The number of nitrogens with zero attached hydrogens (tertiary/aromatic N) is 1. The largest absolute Gasteiger partial charge is 0.478 e. The third kappa shape index (κ3) is 3.63. The molecule has 0 saturated heterocycles. The van der Waals surface area contributed by atoms with E-state index in [1.54, 1.807) is 54.6 Å². The van der Waals surface area contributed by atoms with Gasteiger partial charge in [-0.3, -0.25) is 0 Å². The first-order valence-electron chi connectivity index (χ1n) is 7.39. The number of rotatable bonds is 4. The molecule has 1 heterocycles. The number of carbonyl (C=O) groups is 1. The average Bonchev–Trinajstić information content (AvgIpc) is 3.09. The normalized spacial score (nSPS) is 11.1. The van der Waals surface area contributed by atoms with Gasteiger partial charge in [0, 0.05) is 16.1 Å². The Labute approximate surface area is 149 Å². The zero-order valence-electron chi connectivity index (χ0n) is 12.9. The van der Waals surface area contributed by atoms with Crippen LogP contribution in [0.15, 0.2) is 65.1 Å². The number of nitriles is 1. The first-order chi connectivity index (χ1) is 12.1. The summed E-state index contributed by atoms with van der Waals surface area (Å²) in [5.41, 5.74) is 1.83. The molecule has 4 nitrogen and oxygen atoms in total. The molecule has 1 aromatic heterocycles. The zero-order valence-corrected chi connectivity index (χ0v) is 13.7. The predicted octanol–water partition coefficient (Wildman–Crippen LogP) is 5.36. The summed E-state index contributed by atoms with van der Waals surface area (Å²) in [6.07, 6.45) is 1.60. The van der Waals surface area contributed by atoms with Gasteiger partial charge in [0.05, 0.1) is 17.2 Å². The SMILES string of the molecule is N#CC(=Cc1ccc(-c2cccc(C(=O)O)c2)o1)c1ccccc1Cl. The molecule has 3 rings (SSSR count). The third-order valence-corrected chi connectivity index (χ3v) is 3.92. The van der Waals surface area contributed by atoms with E-state index in [0.29, 0.717) is 33.2 Å². The monoisotopic (exact) mass is 349 g/mol. The number of hydrogen-bond donors (Lipinski definition) is 1. The van der Waals surface area contributed by atoms with Crippen LogP contribution in [0.5, 0.6) is 0 Å². The van der Waals surface area contributed by atoms with Crippen molar-refractivity contribution in [3.8, 4) is 17.4 Å². The Hall–Kier alpha value is -3.29. The van der Waals surface area contributed by atoms with Gasteiger partial charge in [0.2, 0.25) is 0 Å². The van der Waals surface area contributed by atoms with Gasteiger partial charge >= 0.3 is 5.97 Å². The van der Waals surface area contributed by atoms with Gasteiger partial charge in [0.1, 0.15) is 11.5 Å². The fourth-order valence-electron chi connectivity index (χ4n) is 2.38. The van der Waals surface area contributed by atoms with Gasteiger partial charge in [-0.1, -0.05) is 41.9 Å². The van der Waals surface area contributed by atoms with Crippen LogP contribution in [0.25, 0.3) is 23.0 Å². The first-order valence-corrected chi connectivity index (χ1v) is 7.76. The van der Waals surface area contributed by atoms with Crippen LogP contribution in [-0.2, 0) is 0 Å². The number of benzene rings is 2. The van der Waals surface area contributed by atoms with Crippen LogP contribution in [0.2, 0.25) is 5.02 Å². The van der Waals surface area contributed by atoms with Gasteiger partial charge in [-0.2, -0.15) is 5.26 Å². The summed E-state index contributed by atoms with van der Waals surface area (Å²) in [5, 5.41) is 19.0. The molecule has 0 fully saturated rings. The van der Waals surface area contributed by atoms with Gasteiger partial charge in [-0.15, -0.1) is 0 Å². The lowest BCUT2D eigenvalue weighted by atomic mass is 10.1. The second-order valence-electron chi connectivity index (χ2n) is 5.24. The minimum absolute atomic E-state index is 0.180. The third-order valence-electron chi connectivity index (χ3n) is 3.59. The summed E-state index contributed by atoms with van der Waals surface area (Å²) < 4.78 is 5.73. The van der Waals surface area contributed by atoms with Crippen molar-refractivity contribution in [1.82, 2.24) is 0 Å². The molecular formula is C20H12ClNO3. The molecule has 0 atom stereocenters. The molecule has 5 heteroatoms. The highest BCUT2D eigenvalue weighted by Crippen LogP contribution is 2.28. The number of allylic oxidation sites excluding steroid dienone is 1. The number of furan rings is 1. The van der Waals surface area contributed by atoms with E-state index < -0.39 is 5.97 Å². The summed E-state index contributed by atoms with van der Waals surface area (Å²) in [5.74, 6) is -0.00277. The fourth-order valence-corrected chi connectivity index (χ4v) is 2.62. The molecule has 0 spiro atoms. The van der Waals surface area contributed by atoms with Crippen molar-refractivity contribution in [2.45, 2.75) is 0 Å². The second kappa shape index (κ2) is 7.08. The molecule has 0 aliphatic rings. The van der Waals surface area contributed by atoms with Crippen LogP contribution in [0, 0.1) is 11.3 Å². The lowest BCUT2D eigenvalue weighted by Gasteiger charge is -2.01. The average molecular weight is 350 g/mol. The van der Waals surface area contributed by atoms with Gasteiger partial charge in [-0.25, -0.2) is 4.79 Å². The molecule has 0 aliphatic heterocycles. The van der Waals surface area contributed by atoms with Crippen molar-refractivity contribution in [2.75, 3.05) is 0 Å². The first kappa shape index (κ1) is 16.6. The standard InChI is InChI=1S/C20H12ClNO3/c21-18-7-2-1-6-17(18)15(12-22)11-16-8-9-19(25-16)13-4-3-5-14(10-13)20(23)24/h1-11H,(H,23,24). The van der Waals surface area contributed by atoms with E-state index in [9.17, 15) is 10.1 Å². The number of aromatic carboxylic acids is 1. The topological polar surface area (TPSA) is 74.2 Å². The summed E-state index contributed by atoms with van der Waals surface area (Å²) in [7, 11) is 0. The van der Waals surface area contributed by atoms with E-state index in [0.717, 1.165) is 0 Å². The smallest absolute Gasteiger partial charge is 0.335 e. The number of hydrogen-bond acceptors (Lipinski definition) is 3. The van der Waals surface area contributed by atoms with Crippen molar-refractivity contribution < 1.29 is 14.3 Å². The van der Waals surface area contributed by atoms with Crippen LogP contribution >= 0.6 is 11.6 Å². The molecule has 3 aromatic rings. The van der Waals surface area contributed by atoms with Crippen LogP contribution in [-0.4, -0.2) is 11.1 Å². The highest BCUT2D eigenvalue weighted by Gasteiger charge is 2.10. The highest BCUT2D eigenvalue weighted by atomic mass is 35.5.